The molecule has 3 N–H and O–H groups in total. The highest BCUT2D eigenvalue weighted by atomic mass is 16.4. The van der Waals surface area contributed by atoms with E-state index in [2.05, 4.69) is 20.8 Å². The minimum atomic E-state index is -0.939. The number of aliphatic carboxylic acids is 1. The standard InChI is InChI=1S/C18H18N6O4/c1-23-8-5-14(21-23)17(27)19-12-3-2-4-13(11-12)20-18(28)15-6-9-24(22-15)10-7-16(25)26/h2-6,8-9,11H,7,10H2,1H3,(H,19,27)(H,20,28)(H,25,26). The molecule has 0 bridgehead atoms. The number of amides is 2. The van der Waals surface area contributed by atoms with Gasteiger partial charge < -0.3 is 15.7 Å². The van der Waals surface area contributed by atoms with E-state index in [1.165, 1.54) is 15.4 Å². The molecule has 3 aromatic rings. The number of carbonyl (C=O) groups is 3. The molecule has 0 aliphatic rings. The minimum absolute atomic E-state index is 0.0826. The van der Waals surface area contributed by atoms with E-state index in [1.807, 2.05) is 0 Å². The van der Waals surface area contributed by atoms with Crippen molar-refractivity contribution in [2.45, 2.75) is 13.0 Å². The van der Waals surface area contributed by atoms with Crippen molar-refractivity contribution in [3.63, 3.8) is 0 Å². The number of nitrogens with one attached hydrogen (secondary N) is 2. The smallest absolute Gasteiger partial charge is 0.305 e. The number of hydrogen-bond acceptors (Lipinski definition) is 5. The molecule has 0 fully saturated rings. The van der Waals surface area contributed by atoms with Gasteiger partial charge in [-0.15, -0.1) is 0 Å². The van der Waals surface area contributed by atoms with Gasteiger partial charge in [-0.1, -0.05) is 6.07 Å². The summed E-state index contributed by atoms with van der Waals surface area (Å²) in [6.07, 6.45) is 3.13. The summed E-state index contributed by atoms with van der Waals surface area (Å²) < 4.78 is 2.92. The third kappa shape index (κ3) is 4.81. The number of benzene rings is 1. The fraction of sp³-hybridized carbons (Fsp3) is 0.167. The van der Waals surface area contributed by atoms with Crippen LogP contribution in [0.15, 0.2) is 48.8 Å². The lowest BCUT2D eigenvalue weighted by Gasteiger charge is -2.07. The average Bonchev–Trinajstić information content (AvgIpc) is 3.29. The van der Waals surface area contributed by atoms with Crippen molar-refractivity contribution in [2.75, 3.05) is 10.6 Å². The SMILES string of the molecule is Cn1ccc(C(=O)Nc2cccc(NC(=O)c3ccn(CCC(=O)O)n3)c2)n1. The molecule has 2 amide bonds. The Morgan fingerprint density at radius 1 is 0.964 bits per heavy atom. The monoisotopic (exact) mass is 382 g/mol. The van der Waals surface area contributed by atoms with E-state index in [1.54, 1.807) is 49.8 Å². The molecule has 1 aromatic carbocycles. The Balaban J connectivity index is 1.63. The Bertz CT molecular complexity index is 1020. The Morgan fingerprint density at radius 2 is 1.57 bits per heavy atom. The molecule has 2 aromatic heterocycles. The predicted molar refractivity (Wildman–Crippen MR) is 100 cm³/mol. The molecule has 0 radical (unpaired) electrons. The van der Waals surface area contributed by atoms with Gasteiger partial charge in [0.15, 0.2) is 11.4 Å². The summed E-state index contributed by atoms with van der Waals surface area (Å²) in [4.78, 5) is 35.1. The van der Waals surface area contributed by atoms with E-state index >= 15 is 0 Å². The molecule has 2 heterocycles. The van der Waals surface area contributed by atoms with Crippen LogP contribution in [-0.2, 0) is 18.4 Å². The van der Waals surface area contributed by atoms with E-state index in [-0.39, 0.29) is 30.3 Å². The number of carbonyl (C=O) groups excluding carboxylic acids is 2. The first-order chi connectivity index (χ1) is 13.4. The van der Waals surface area contributed by atoms with Gasteiger partial charge in [0.05, 0.1) is 13.0 Å². The third-order valence-corrected chi connectivity index (χ3v) is 3.75. The fourth-order valence-electron chi connectivity index (χ4n) is 2.42. The number of aromatic nitrogens is 4. The normalized spacial score (nSPS) is 10.5. The maximum absolute atomic E-state index is 12.3. The van der Waals surface area contributed by atoms with Crippen molar-refractivity contribution in [3.8, 4) is 0 Å². The first kappa shape index (κ1) is 18.8. The van der Waals surface area contributed by atoms with Crippen LogP contribution in [0.2, 0.25) is 0 Å². The van der Waals surface area contributed by atoms with Crippen molar-refractivity contribution in [3.05, 3.63) is 60.2 Å². The van der Waals surface area contributed by atoms with Gasteiger partial charge >= 0.3 is 5.97 Å². The second kappa shape index (κ2) is 8.16. The number of hydrogen-bond donors (Lipinski definition) is 3. The van der Waals surface area contributed by atoms with Crippen LogP contribution in [-0.4, -0.2) is 42.5 Å². The highest BCUT2D eigenvalue weighted by molar-refractivity contribution is 6.05. The number of carboxylic acids is 1. The highest BCUT2D eigenvalue weighted by Crippen LogP contribution is 2.16. The number of nitrogens with zero attached hydrogens (tertiary/aromatic N) is 4. The number of carboxylic acid groups (broad SMARTS) is 1. The van der Waals surface area contributed by atoms with Crippen LogP contribution >= 0.6 is 0 Å². The lowest BCUT2D eigenvalue weighted by atomic mass is 10.2. The Kier molecular flexibility index (Phi) is 5.49. The fourth-order valence-corrected chi connectivity index (χ4v) is 2.42. The quantitative estimate of drug-likeness (QED) is 0.569. The average molecular weight is 382 g/mol. The number of anilines is 2. The molecule has 10 nitrogen and oxygen atoms in total. The summed E-state index contributed by atoms with van der Waals surface area (Å²) in [5.41, 5.74) is 1.42. The minimum Gasteiger partial charge on any atom is -0.481 e. The molecule has 0 aliphatic carbocycles. The molecule has 0 atom stereocenters. The Hall–Kier alpha value is -3.95. The van der Waals surface area contributed by atoms with Gasteiger partial charge in [0.1, 0.15) is 0 Å². The molecule has 0 saturated carbocycles. The van der Waals surface area contributed by atoms with E-state index in [9.17, 15) is 14.4 Å². The topological polar surface area (TPSA) is 131 Å². The molecule has 3 rings (SSSR count). The zero-order chi connectivity index (χ0) is 20.1. The van der Waals surface area contributed by atoms with E-state index < -0.39 is 11.9 Å². The summed E-state index contributed by atoms with van der Waals surface area (Å²) >= 11 is 0. The summed E-state index contributed by atoms with van der Waals surface area (Å²) in [5.74, 6) is -1.74. The largest absolute Gasteiger partial charge is 0.481 e. The van der Waals surface area contributed by atoms with Gasteiger partial charge in [-0.3, -0.25) is 23.7 Å². The first-order valence-electron chi connectivity index (χ1n) is 8.38. The molecule has 0 spiro atoms. The summed E-state index contributed by atoms with van der Waals surface area (Å²) in [7, 11) is 1.72. The van der Waals surface area contributed by atoms with Crippen LogP contribution in [0.25, 0.3) is 0 Å². The zero-order valence-corrected chi connectivity index (χ0v) is 15.0. The molecule has 28 heavy (non-hydrogen) atoms. The zero-order valence-electron chi connectivity index (χ0n) is 15.0. The van der Waals surface area contributed by atoms with Crippen LogP contribution in [0.4, 0.5) is 11.4 Å². The van der Waals surface area contributed by atoms with Crippen molar-refractivity contribution < 1.29 is 19.5 Å². The van der Waals surface area contributed by atoms with Crippen LogP contribution in [0, 0.1) is 0 Å². The van der Waals surface area contributed by atoms with Crippen LogP contribution < -0.4 is 10.6 Å². The second-order valence-electron chi connectivity index (χ2n) is 5.97. The summed E-state index contributed by atoms with van der Waals surface area (Å²) in [5, 5.41) is 22.2. The van der Waals surface area contributed by atoms with Gasteiger partial charge in [-0.25, -0.2) is 0 Å². The Morgan fingerprint density at radius 3 is 2.14 bits per heavy atom. The predicted octanol–water partition coefficient (Wildman–Crippen LogP) is 1.60. The van der Waals surface area contributed by atoms with Gasteiger partial charge in [-0.2, -0.15) is 10.2 Å². The van der Waals surface area contributed by atoms with Crippen LogP contribution in [0.1, 0.15) is 27.4 Å². The van der Waals surface area contributed by atoms with Crippen LogP contribution in [0.3, 0.4) is 0 Å². The number of rotatable bonds is 7. The maximum Gasteiger partial charge on any atom is 0.305 e. The summed E-state index contributed by atoms with van der Waals surface area (Å²) in [6, 6.07) is 9.77. The van der Waals surface area contributed by atoms with Gasteiger partial charge in [0, 0.05) is 30.8 Å². The van der Waals surface area contributed by atoms with E-state index in [0.29, 0.717) is 11.4 Å². The summed E-state index contributed by atoms with van der Waals surface area (Å²) in [6.45, 7) is 0.178. The van der Waals surface area contributed by atoms with Crippen LogP contribution in [0.5, 0.6) is 0 Å². The highest BCUT2D eigenvalue weighted by Gasteiger charge is 2.12. The molecular weight excluding hydrogens is 364 g/mol. The molecule has 0 unspecified atom stereocenters. The van der Waals surface area contributed by atoms with Crippen molar-refractivity contribution in [1.82, 2.24) is 19.6 Å². The molecule has 144 valence electrons. The van der Waals surface area contributed by atoms with Gasteiger partial charge in [0.25, 0.3) is 11.8 Å². The Labute approximate surface area is 159 Å². The first-order valence-corrected chi connectivity index (χ1v) is 8.38. The lowest BCUT2D eigenvalue weighted by Crippen LogP contribution is -2.15. The van der Waals surface area contributed by atoms with Crippen molar-refractivity contribution in [2.24, 2.45) is 7.05 Å². The molecule has 10 heteroatoms. The van der Waals surface area contributed by atoms with Crippen molar-refractivity contribution in [1.29, 1.82) is 0 Å². The molecule has 0 saturated heterocycles. The van der Waals surface area contributed by atoms with E-state index in [4.69, 9.17) is 5.11 Å². The molecule has 0 aliphatic heterocycles. The van der Waals surface area contributed by atoms with E-state index in [0.717, 1.165) is 0 Å². The maximum atomic E-state index is 12.3. The van der Waals surface area contributed by atoms with Gasteiger partial charge in [-0.05, 0) is 30.3 Å². The second-order valence-corrected chi connectivity index (χ2v) is 5.97. The number of aryl methyl sites for hydroxylation is 2. The van der Waals surface area contributed by atoms with Gasteiger partial charge in [0.2, 0.25) is 0 Å². The third-order valence-electron chi connectivity index (χ3n) is 3.75. The molecular formula is C18H18N6O4. The lowest BCUT2D eigenvalue weighted by molar-refractivity contribution is -0.137. The van der Waals surface area contributed by atoms with Crippen molar-refractivity contribution >= 4 is 29.2 Å².